The van der Waals surface area contributed by atoms with E-state index in [0.717, 1.165) is 12.2 Å². The van der Waals surface area contributed by atoms with Gasteiger partial charge >= 0.3 is 0 Å². The Morgan fingerprint density at radius 3 is 2.89 bits per heavy atom. The first-order chi connectivity index (χ1) is 8.90. The predicted molar refractivity (Wildman–Crippen MR) is 76.2 cm³/mol. The van der Waals surface area contributed by atoms with Crippen molar-refractivity contribution >= 4 is 5.69 Å². The fourth-order valence-corrected chi connectivity index (χ4v) is 1.96. The van der Waals surface area contributed by atoms with Crippen molar-refractivity contribution in [2.75, 3.05) is 11.9 Å². The van der Waals surface area contributed by atoms with E-state index in [1.54, 1.807) is 6.20 Å². The summed E-state index contributed by atoms with van der Waals surface area (Å²) in [6.45, 7) is 3.28. The lowest BCUT2D eigenvalue weighted by Gasteiger charge is -2.08. The zero-order valence-electron chi connectivity index (χ0n) is 11.0. The number of aromatic nitrogens is 2. The van der Waals surface area contributed by atoms with Crippen molar-refractivity contribution in [1.82, 2.24) is 9.78 Å². The minimum Gasteiger partial charge on any atom is -0.385 e. The van der Waals surface area contributed by atoms with Gasteiger partial charge in [0.15, 0.2) is 0 Å². The summed E-state index contributed by atoms with van der Waals surface area (Å²) in [6, 6.07) is 10.3. The number of unbranched alkanes of at least 4 members (excludes halogenated alkanes) is 3. The maximum atomic E-state index is 4.24. The third-order valence-corrected chi connectivity index (χ3v) is 2.97. The van der Waals surface area contributed by atoms with Gasteiger partial charge in [0.25, 0.3) is 0 Å². The molecule has 1 heterocycles. The zero-order valence-corrected chi connectivity index (χ0v) is 11.0. The van der Waals surface area contributed by atoms with Gasteiger partial charge in [-0.1, -0.05) is 32.3 Å². The molecule has 3 nitrogen and oxygen atoms in total. The molecule has 0 aliphatic rings. The molecule has 0 fully saturated rings. The number of hydrogen-bond acceptors (Lipinski definition) is 2. The highest BCUT2D eigenvalue weighted by Gasteiger charge is 1.97. The summed E-state index contributed by atoms with van der Waals surface area (Å²) in [7, 11) is 0. The van der Waals surface area contributed by atoms with E-state index < -0.39 is 0 Å². The molecule has 1 aromatic carbocycles. The van der Waals surface area contributed by atoms with Crippen molar-refractivity contribution < 1.29 is 0 Å². The number of nitrogens with one attached hydrogen (secondary N) is 1. The fourth-order valence-electron chi connectivity index (χ4n) is 1.96. The lowest BCUT2D eigenvalue weighted by molar-refractivity contribution is 0.685. The van der Waals surface area contributed by atoms with E-state index in [2.05, 4.69) is 41.6 Å². The van der Waals surface area contributed by atoms with Gasteiger partial charge in [-0.25, -0.2) is 4.68 Å². The Balaban J connectivity index is 1.88. The highest BCUT2D eigenvalue weighted by Crippen LogP contribution is 2.14. The molecule has 0 spiro atoms. The summed E-state index contributed by atoms with van der Waals surface area (Å²) in [5.74, 6) is 0. The first-order valence-electron chi connectivity index (χ1n) is 6.74. The molecule has 18 heavy (non-hydrogen) atoms. The number of nitrogens with zero attached hydrogens (tertiary/aromatic N) is 2. The standard InChI is InChI=1S/C15H21N3/c1-2-3-4-5-10-16-14-8-6-9-15(13-14)18-12-7-11-17-18/h6-9,11-13,16H,2-5,10H2,1H3. The third kappa shape index (κ3) is 3.62. The minimum absolute atomic E-state index is 1.04. The predicted octanol–water partition coefficient (Wildman–Crippen LogP) is 3.86. The molecule has 2 aromatic rings. The first-order valence-corrected chi connectivity index (χ1v) is 6.74. The lowest BCUT2D eigenvalue weighted by Crippen LogP contribution is -2.02. The smallest absolute Gasteiger partial charge is 0.0666 e. The quantitative estimate of drug-likeness (QED) is 0.748. The van der Waals surface area contributed by atoms with E-state index in [0.29, 0.717) is 0 Å². The molecule has 1 N–H and O–H groups in total. The summed E-state index contributed by atoms with van der Waals surface area (Å²) in [4.78, 5) is 0. The summed E-state index contributed by atoms with van der Waals surface area (Å²) in [6.07, 6.45) is 8.91. The first kappa shape index (κ1) is 12.7. The molecule has 0 aliphatic carbocycles. The molecule has 3 heteroatoms. The highest BCUT2D eigenvalue weighted by molar-refractivity contribution is 5.50. The second kappa shape index (κ2) is 6.84. The van der Waals surface area contributed by atoms with Gasteiger partial charge < -0.3 is 5.32 Å². The van der Waals surface area contributed by atoms with Gasteiger partial charge in [-0.3, -0.25) is 0 Å². The Kier molecular flexibility index (Phi) is 4.82. The Morgan fingerprint density at radius 2 is 2.11 bits per heavy atom. The second-order valence-corrected chi connectivity index (χ2v) is 4.49. The molecular weight excluding hydrogens is 222 g/mol. The van der Waals surface area contributed by atoms with E-state index in [1.807, 2.05) is 16.9 Å². The summed E-state index contributed by atoms with van der Waals surface area (Å²) in [5.41, 5.74) is 2.26. The summed E-state index contributed by atoms with van der Waals surface area (Å²) in [5, 5.41) is 7.70. The average molecular weight is 243 g/mol. The van der Waals surface area contributed by atoms with Crippen LogP contribution in [0.1, 0.15) is 32.6 Å². The van der Waals surface area contributed by atoms with Crippen molar-refractivity contribution in [3.8, 4) is 5.69 Å². The van der Waals surface area contributed by atoms with Crippen molar-refractivity contribution in [2.45, 2.75) is 32.6 Å². The van der Waals surface area contributed by atoms with Crippen LogP contribution in [-0.4, -0.2) is 16.3 Å². The van der Waals surface area contributed by atoms with Crippen LogP contribution in [0.4, 0.5) is 5.69 Å². The number of benzene rings is 1. The van der Waals surface area contributed by atoms with Gasteiger partial charge in [0, 0.05) is 24.6 Å². The monoisotopic (exact) mass is 243 g/mol. The molecule has 0 atom stereocenters. The van der Waals surface area contributed by atoms with Crippen LogP contribution in [-0.2, 0) is 0 Å². The summed E-state index contributed by atoms with van der Waals surface area (Å²) >= 11 is 0. The summed E-state index contributed by atoms with van der Waals surface area (Å²) < 4.78 is 1.88. The van der Waals surface area contributed by atoms with Gasteiger partial charge in [0.1, 0.15) is 0 Å². The Labute approximate surface area is 109 Å². The molecular formula is C15H21N3. The molecule has 0 bridgehead atoms. The molecule has 0 amide bonds. The maximum Gasteiger partial charge on any atom is 0.0666 e. The minimum atomic E-state index is 1.04. The van der Waals surface area contributed by atoms with Crippen molar-refractivity contribution in [3.05, 3.63) is 42.7 Å². The van der Waals surface area contributed by atoms with E-state index >= 15 is 0 Å². The topological polar surface area (TPSA) is 29.9 Å². The average Bonchev–Trinajstić information content (AvgIpc) is 2.93. The molecule has 0 unspecified atom stereocenters. The number of anilines is 1. The molecule has 0 saturated heterocycles. The molecule has 2 rings (SSSR count). The Bertz CT molecular complexity index is 449. The van der Waals surface area contributed by atoms with Crippen LogP contribution in [0.15, 0.2) is 42.7 Å². The normalized spacial score (nSPS) is 10.5. The Morgan fingerprint density at radius 1 is 1.17 bits per heavy atom. The van der Waals surface area contributed by atoms with Crippen molar-refractivity contribution in [2.24, 2.45) is 0 Å². The van der Waals surface area contributed by atoms with Crippen LogP contribution in [0.3, 0.4) is 0 Å². The van der Waals surface area contributed by atoms with Gasteiger partial charge in [0.2, 0.25) is 0 Å². The Hall–Kier alpha value is -1.77. The van der Waals surface area contributed by atoms with E-state index in [9.17, 15) is 0 Å². The van der Waals surface area contributed by atoms with Crippen LogP contribution in [0.2, 0.25) is 0 Å². The SMILES string of the molecule is CCCCCCNc1cccc(-n2cccn2)c1. The lowest BCUT2D eigenvalue weighted by atomic mass is 10.2. The van der Waals surface area contributed by atoms with E-state index in [-0.39, 0.29) is 0 Å². The highest BCUT2D eigenvalue weighted by atomic mass is 15.3. The van der Waals surface area contributed by atoms with Gasteiger partial charge in [0.05, 0.1) is 5.69 Å². The van der Waals surface area contributed by atoms with Crippen LogP contribution in [0.25, 0.3) is 5.69 Å². The maximum absolute atomic E-state index is 4.24. The van der Waals surface area contributed by atoms with Crippen molar-refractivity contribution in [3.63, 3.8) is 0 Å². The van der Waals surface area contributed by atoms with Gasteiger partial charge in [-0.05, 0) is 30.7 Å². The molecule has 0 radical (unpaired) electrons. The largest absolute Gasteiger partial charge is 0.385 e. The van der Waals surface area contributed by atoms with Crippen molar-refractivity contribution in [1.29, 1.82) is 0 Å². The van der Waals surface area contributed by atoms with Crippen LogP contribution >= 0.6 is 0 Å². The number of rotatable bonds is 7. The number of hydrogen-bond donors (Lipinski definition) is 1. The fraction of sp³-hybridized carbons (Fsp3) is 0.400. The van der Waals surface area contributed by atoms with Crippen LogP contribution in [0.5, 0.6) is 0 Å². The third-order valence-electron chi connectivity index (χ3n) is 2.97. The molecule has 1 aromatic heterocycles. The van der Waals surface area contributed by atoms with Gasteiger partial charge in [-0.15, -0.1) is 0 Å². The van der Waals surface area contributed by atoms with E-state index in [4.69, 9.17) is 0 Å². The van der Waals surface area contributed by atoms with Gasteiger partial charge in [-0.2, -0.15) is 5.10 Å². The molecule has 0 saturated carbocycles. The molecule has 0 aliphatic heterocycles. The van der Waals surface area contributed by atoms with Crippen LogP contribution in [0, 0.1) is 0 Å². The van der Waals surface area contributed by atoms with E-state index in [1.165, 1.54) is 31.4 Å². The second-order valence-electron chi connectivity index (χ2n) is 4.49. The van der Waals surface area contributed by atoms with Crippen LogP contribution < -0.4 is 5.32 Å². The zero-order chi connectivity index (χ0) is 12.6. The molecule has 96 valence electrons.